The number of hydrogen-bond donors (Lipinski definition) is 2. The Labute approximate surface area is 212 Å². The number of anilines is 1. The van der Waals surface area contributed by atoms with Gasteiger partial charge in [0.05, 0.1) is 11.7 Å². The van der Waals surface area contributed by atoms with Crippen LogP contribution >= 0.6 is 0 Å². The van der Waals surface area contributed by atoms with Crippen LogP contribution in [0.1, 0.15) is 50.4 Å². The third-order valence-electron chi connectivity index (χ3n) is 7.86. The third kappa shape index (κ3) is 6.83. The Morgan fingerprint density at radius 2 is 1.89 bits per heavy atom. The zero-order valence-electron chi connectivity index (χ0n) is 22.5. The predicted molar refractivity (Wildman–Crippen MR) is 146 cm³/mol. The van der Waals surface area contributed by atoms with Crippen LogP contribution in [-0.2, 0) is 16.3 Å². The second-order valence-electron chi connectivity index (χ2n) is 12.5. The van der Waals surface area contributed by atoms with E-state index in [1.165, 1.54) is 25.7 Å². The SMILES string of the molecule is Cc1nn(COCC[Si](C)(C)C)c(C)c1-c1ccc(NC(=O)[C@@H](N)[C@H](CC2(C)CC2)C2CC2)cc1. The highest BCUT2D eigenvalue weighted by atomic mass is 28.3. The van der Waals surface area contributed by atoms with Gasteiger partial charge in [-0.25, -0.2) is 4.68 Å². The lowest BCUT2D eigenvalue weighted by molar-refractivity contribution is -0.118. The van der Waals surface area contributed by atoms with E-state index >= 15 is 0 Å². The van der Waals surface area contributed by atoms with E-state index in [1.807, 2.05) is 23.7 Å². The van der Waals surface area contributed by atoms with Gasteiger partial charge in [0.15, 0.2) is 0 Å². The summed E-state index contributed by atoms with van der Waals surface area (Å²) in [6.45, 7) is 14.8. The molecule has 2 atom stereocenters. The minimum Gasteiger partial charge on any atom is -0.360 e. The van der Waals surface area contributed by atoms with Crippen LogP contribution in [0.15, 0.2) is 24.3 Å². The molecule has 2 aliphatic rings. The Morgan fingerprint density at radius 1 is 1.23 bits per heavy atom. The fourth-order valence-corrected chi connectivity index (χ4v) is 5.76. The van der Waals surface area contributed by atoms with Gasteiger partial charge in [0, 0.05) is 31.6 Å². The van der Waals surface area contributed by atoms with E-state index < -0.39 is 14.1 Å². The first kappa shape index (κ1) is 26.1. The fraction of sp³-hybridized carbons (Fsp3) is 0.643. The number of benzene rings is 1. The first-order valence-corrected chi connectivity index (χ1v) is 17.0. The van der Waals surface area contributed by atoms with Gasteiger partial charge in [0.25, 0.3) is 0 Å². The normalized spacial score (nSPS) is 18.8. The number of carbonyl (C=O) groups is 1. The van der Waals surface area contributed by atoms with Gasteiger partial charge in [0.1, 0.15) is 6.73 Å². The molecule has 35 heavy (non-hydrogen) atoms. The predicted octanol–water partition coefficient (Wildman–Crippen LogP) is 5.96. The van der Waals surface area contributed by atoms with Crippen LogP contribution in [0, 0.1) is 31.1 Å². The van der Waals surface area contributed by atoms with Crippen LogP contribution < -0.4 is 11.1 Å². The van der Waals surface area contributed by atoms with Crippen LogP contribution in [0.25, 0.3) is 11.1 Å². The maximum Gasteiger partial charge on any atom is 0.241 e. The average Bonchev–Trinajstić information content (AvgIpc) is 3.71. The topological polar surface area (TPSA) is 82.2 Å². The number of aromatic nitrogens is 2. The van der Waals surface area contributed by atoms with E-state index in [0.717, 1.165) is 47.3 Å². The van der Waals surface area contributed by atoms with E-state index in [1.54, 1.807) is 0 Å². The smallest absolute Gasteiger partial charge is 0.241 e. The highest BCUT2D eigenvalue weighted by molar-refractivity contribution is 6.76. The molecular weight excluding hydrogens is 452 g/mol. The number of hydrogen-bond acceptors (Lipinski definition) is 4. The lowest BCUT2D eigenvalue weighted by Crippen LogP contribution is -2.43. The van der Waals surface area contributed by atoms with Crippen LogP contribution in [0.2, 0.25) is 25.7 Å². The van der Waals surface area contributed by atoms with Gasteiger partial charge < -0.3 is 15.8 Å². The van der Waals surface area contributed by atoms with Crippen LogP contribution in [0.3, 0.4) is 0 Å². The van der Waals surface area contributed by atoms with Crippen molar-refractivity contribution in [2.24, 2.45) is 23.0 Å². The summed E-state index contributed by atoms with van der Waals surface area (Å²) in [6.07, 6.45) is 6.05. The number of nitrogens with zero attached hydrogens (tertiary/aromatic N) is 2. The minimum atomic E-state index is -1.10. The lowest BCUT2D eigenvalue weighted by Gasteiger charge is -2.26. The zero-order chi connectivity index (χ0) is 25.4. The number of nitrogens with one attached hydrogen (secondary N) is 1. The summed E-state index contributed by atoms with van der Waals surface area (Å²) in [6, 6.07) is 8.75. The molecule has 3 N–H and O–H groups in total. The largest absolute Gasteiger partial charge is 0.360 e. The van der Waals surface area contributed by atoms with Gasteiger partial charge in [0.2, 0.25) is 5.91 Å². The maximum absolute atomic E-state index is 13.0. The van der Waals surface area contributed by atoms with E-state index in [0.29, 0.717) is 24.0 Å². The van der Waals surface area contributed by atoms with Crippen molar-refractivity contribution in [1.29, 1.82) is 0 Å². The first-order valence-electron chi connectivity index (χ1n) is 13.2. The zero-order valence-corrected chi connectivity index (χ0v) is 23.5. The monoisotopic (exact) mass is 496 g/mol. The molecule has 7 heteroatoms. The van der Waals surface area contributed by atoms with Crippen molar-refractivity contribution < 1.29 is 9.53 Å². The molecule has 4 rings (SSSR count). The van der Waals surface area contributed by atoms with Crippen LogP contribution in [0.5, 0.6) is 0 Å². The molecule has 2 aliphatic carbocycles. The molecule has 1 aromatic heterocycles. The molecule has 2 aromatic rings. The number of ether oxygens (including phenoxy) is 1. The average molecular weight is 497 g/mol. The standard InChI is InChI=1S/C28H44N4O2Si/c1-19-25(20(2)32(31-19)18-34-15-16-35(4,5)6)22-9-11-23(12-10-22)30-27(33)26(29)24(21-7-8-21)17-28(3)13-14-28/h9-12,21,24,26H,7-8,13-18,29H2,1-6H3,(H,30,33)/t24-,26+/m1/s1. The Kier molecular flexibility index (Phi) is 7.60. The van der Waals surface area contributed by atoms with Gasteiger partial charge in [-0.2, -0.15) is 5.10 Å². The molecule has 1 amide bonds. The summed E-state index contributed by atoms with van der Waals surface area (Å²) in [5.74, 6) is 0.859. The summed E-state index contributed by atoms with van der Waals surface area (Å²) >= 11 is 0. The van der Waals surface area contributed by atoms with Crippen LogP contribution in [0.4, 0.5) is 5.69 Å². The molecule has 0 aliphatic heterocycles. The Hall–Kier alpha value is -1.96. The lowest BCUT2D eigenvalue weighted by atomic mass is 9.84. The molecular formula is C28H44N4O2Si. The number of aryl methyl sites for hydroxylation is 1. The number of rotatable bonds is 12. The Balaban J connectivity index is 1.37. The highest BCUT2D eigenvalue weighted by Crippen LogP contribution is 2.54. The van der Waals surface area contributed by atoms with Crippen molar-refractivity contribution in [3.05, 3.63) is 35.7 Å². The maximum atomic E-state index is 13.0. The number of nitrogens with two attached hydrogens (primary N) is 1. The fourth-order valence-electron chi connectivity index (χ4n) is 5.01. The van der Waals surface area contributed by atoms with Gasteiger partial charge in [-0.15, -0.1) is 0 Å². The molecule has 0 spiro atoms. The molecule has 192 valence electrons. The van der Waals surface area contributed by atoms with Crippen molar-refractivity contribution in [3.63, 3.8) is 0 Å². The van der Waals surface area contributed by atoms with Gasteiger partial charge in [-0.1, -0.05) is 38.7 Å². The minimum absolute atomic E-state index is 0.0606. The first-order chi connectivity index (χ1) is 16.5. The van der Waals surface area contributed by atoms with Crippen molar-refractivity contribution in [2.75, 3.05) is 11.9 Å². The number of carbonyl (C=O) groups excluding carboxylic acids is 1. The molecule has 1 heterocycles. The van der Waals surface area contributed by atoms with E-state index in [-0.39, 0.29) is 5.91 Å². The number of amides is 1. The summed E-state index contributed by atoms with van der Waals surface area (Å²) < 4.78 is 7.86. The van der Waals surface area contributed by atoms with E-state index in [2.05, 4.69) is 50.9 Å². The summed E-state index contributed by atoms with van der Waals surface area (Å²) in [4.78, 5) is 13.0. The van der Waals surface area contributed by atoms with Gasteiger partial charge >= 0.3 is 0 Å². The Morgan fingerprint density at radius 3 is 2.46 bits per heavy atom. The second-order valence-corrected chi connectivity index (χ2v) is 18.1. The van der Waals surface area contributed by atoms with Crippen molar-refractivity contribution in [3.8, 4) is 11.1 Å². The van der Waals surface area contributed by atoms with Crippen molar-refractivity contribution in [2.45, 2.75) is 91.3 Å². The summed E-state index contributed by atoms with van der Waals surface area (Å²) in [7, 11) is -1.10. The molecule has 6 nitrogen and oxygen atoms in total. The Bertz CT molecular complexity index is 1030. The highest BCUT2D eigenvalue weighted by Gasteiger charge is 2.46. The second kappa shape index (κ2) is 10.2. The molecule has 0 bridgehead atoms. The van der Waals surface area contributed by atoms with Gasteiger partial charge in [-0.3, -0.25) is 4.79 Å². The van der Waals surface area contributed by atoms with E-state index in [4.69, 9.17) is 15.6 Å². The molecule has 0 unspecified atom stereocenters. The third-order valence-corrected chi connectivity index (χ3v) is 9.56. The molecule has 2 saturated carbocycles. The van der Waals surface area contributed by atoms with Crippen LogP contribution in [-0.4, -0.2) is 36.4 Å². The van der Waals surface area contributed by atoms with Crippen molar-refractivity contribution >= 4 is 19.7 Å². The molecule has 1 aromatic carbocycles. The van der Waals surface area contributed by atoms with Crippen molar-refractivity contribution in [1.82, 2.24) is 9.78 Å². The summed E-state index contributed by atoms with van der Waals surface area (Å²) in [5, 5.41) is 7.78. The molecule has 2 fully saturated rings. The molecule has 0 radical (unpaired) electrons. The van der Waals surface area contributed by atoms with Gasteiger partial charge in [-0.05, 0) is 86.9 Å². The molecule has 0 saturated heterocycles. The summed E-state index contributed by atoms with van der Waals surface area (Å²) in [5.41, 5.74) is 12.0. The van der Waals surface area contributed by atoms with E-state index in [9.17, 15) is 4.79 Å². The quantitative estimate of drug-likeness (QED) is 0.280.